The number of aliphatic hydroxyl groups excluding tert-OH is 2. The maximum absolute atomic E-state index is 10.2. The van der Waals surface area contributed by atoms with Crippen molar-refractivity contribution in [1.82, 2.24) is 0 Å². The quantitative estimate of drug-likeness (QED) is 0.0329. The summed E-state index contributed by atoms with van der Waals surface area (Å²) in [6, 6.07) is 0. The Balaban J connectivity index is -0.000000205. The van der Waals surface area contributed by atoms with Gasteiger partial charge in [0, 0.05) is 17.9 Å². The number of carbonyl (C=O) groups is 5. The van der Waals surface area contributed by atoms with Crippen molar-refractivity contribution in [3.05, 3.63) is 0 Å². The van der Waals surface area contributed by atoms with E-state index in [4.69, 9.17) is 20.4 Å². The summed E-state index contributed by atoms with van der Waals surface area (Å²) in [4.78, 5) is 50.2. The van der Waals surface area contributed by atoms with Crippen molar-refractivity contribution in [2.75, 3.05) is 0 Å². The first-order valence-electron chi connectivity index (χ1n) is 29.2. The van der Waals surface area contributed by atoms with Crippen LogP contribution in [-0.4, -0.2) is 85.5 Å². The molecule has 4 N–H and O–H groups in total. The summed E-state index contributed by atoms with van der Waals surface area (Å²) in [6.45, 7) is 6.80. The minimum Gasteiger partial charge on any atom is -0.550 e. The fourth-order valence-electron chi connectivity index (χ4n) is 8.19. The molecule has 0 amide bonds. The molecule has 0 aliphatic rings. The van der Waals surface area contributed by atoms with Crippen molar-refractivity contribution >= 4 is 52.9 Å². The van der Waals surface area contributed by atoms with Crippen LogP contribution in [0.4, 0.5) is 0 Å². The van der Waals surface area contributed by atoms with Gasteiger partial charge in [-0.1, -0.05) is 290 Å². The smallest absolute Gasteiger partial charge is 0.550 e. The molecule has 2 unspecified atom stereocenters. The van der Waals surface area contributed by atoms with Gasteiger partial charge in [0.1, 0.15) is 0 Å². The summed E-state index contributed by atoms with van der Waals surface area (Å²) < 4.78 is 0. The zero-order chi connectivity index (χ0) is 53.0. The molecule has 0 bridgehead atoms. The minimum absolute atomic E-state index is 0. The summed E-state index contributed by atoms with van der Waals surface area (Å²) in [7, 11) is 0. The third-order valence-corrected chi connectivity index (χ3v) is 12.8. The van der Waals surface area contributed by atoms with Crippen LogP contribution in [0.3, 0.4) is 0 Å². The van der Waals surface area contributed by atoms with Crippen LogP contribution in [0.1, 0.15) is 329 Å². The number of rotatable bonds is 51. The van der Waals surface area contributed by atoms with E-state index in [9.17, 15) is 39.3 Å². The molecular weight excluding hydrogens is 936 g/mol. The molecule has 0 aromatic carbocycles. The Morgan fingerprint density at radius 2 is 0.389 bits per heavy atom. The van der Waals surface area contributed by atoms with Crippen molar-refractivity contribution < 1.29 is 89.3 Å². The van der Waals surface area contributed by atoms with Crippen LogP contribution < -0.4 is 44.9 Å². The molecule has 72 heavy (non-hydrogen) atoms. The maximum atomic E-state index is 10.2. The van der Waals surface area contributed by atoms with Crippen molar-refractivity contribution in [3.8, 4) is 0 Å². The van der Waals surface area contributed by atoms with Crippen LogP contribution in [-0.2, 0) is 24.0 Å². The molecule has 0 aliphatic carbocycles. The molecule has 14 heteroatoms. The van der Waals surface area contributed by atoms with Gasteiger partial charge >= 0.3 is 64.5 Å². The summed E-state index contributed by atoms with van der Waals surface area (Å²) >= 11 is 0. The second-order valence-corrected chi connectivity index (χ2v) is 19.8. The summed E-state index contributed by atoms with van der Waals surface area (Å²) in [5.41, 5.74) is 0. The topological polar surface area (TPSA) is 235 Å². The largest absolute Gasteiger partial charge is 2.00 e. The number of hydrogen-bond acceptors (Lipinski definition) is 10. The molecule has 2 atom stereocenters. The minimum atomic E-state index is -2.27. The van der Waals surface area contributed by atoms with Crippen LogP contribution >= 0.6 is 0 Å². The summed E-state index contributed by atoms with van der Waals surface area (Å²) in [6.07, 6.45) is 55.0. The Hall–Kier alpha value is -0.964. The van der Waals surface area contributed by atoms with Crippen molar-refractivity contribution in [3.63, 3.8) is 0 Å². The van der Waals surface area contributed by atoms with E-state index in [1.165, 1.54) is 250 Å². The summed E-state index contributed by atoms with van der Waals surface area (Å²) in [5, 5.41) is 63.2. The van der Waals surface area contributed by atoms with Crippen LogP contribution in [0, 0.1) is 0 Å². The van der Waals surface area contributed by atoms with Gasteiger partial charge in [-0.2, -0.15) is 0 Å². The Morgan fingerprint density at radius 1 is 0.278 bits per heavy atom. The van der Waals surface area contributed by atoms with E-state index < -0.39 is 42.1 Å². The fraction of sp³-hybridized carbons (Fsp3) is 0.914. The first-order valence-corrected chi connectivity index (χ1v) is 29.2. The van der Waals surface area contributed by atoms with Gasteiger partial charge in [-0.3, -0.25) is 0 Å². The zero-order valence-corrected chi connectivity index (χ0v) is 50.8. The second-order valence-electron chi connectivity index (χ2n) is 19.8. The van der Waals surface area contributed by atoms with Crippen LogP contribution in [0.15, 0.2) is 0 Å². The Labute approximate surface area is 480 Å². The molecule has 0 fully saturated rings. The molecule has 0 aliphatic heterocycles. The van der Waals surface area contributed by atoms with E-state index in [1.807, 2.05) is 0 Å². The Bertz CT molecular complexity index is 993. The number of carboxylic acid groups (broad SMARTS) is 5. The van der Waals surface area contributed by atoms with E-state index in [-0.39, 0.29) is 71.9 Å². The van der Waals surface area contributed by atoms with Gasteiger partial charge in [0.15, 0.2) is 12.2 Å². The van der Waals surface area contributed by atoms with Crippen LogP contribution in [0.5, 0.6) is 0 Å². The molecule has 418 valence electrons. The van der Waals surface area contributed by atoms with Crippen molar-refractivity contribution in [1.29, 1.82) is 0 Å². The van der Waals surface area contributed by atoms with E-state index in [0.29, 0.717) is 0 Å². The van der Waals surface area contributed by atoms with E-state index in [2.05, 4.69) is 20.8 Å². The van der Waals surface area contributed by atoms with Gasteiger partial charge in [-0.15, -0.1) is 0 Å². The zero-order valence-electron chi connectivity index (χ0n) is 47.4. The van der Waals surface area contributed by atoms with E-state index >= 15 is 0 Å². The third-order valence-electron chi connectivity index (χ3n) is 12.8. The SMILES string of the molecule is CCCCCCCCCCCCCCCCCC(=O)[O-].CCCCCCCCCCCCCCCCCC(=O)[O-].CCCCCCCCCCCCCCCCCC(=O)[O-].O=C(O)C(O)C(O)C(=O)O.[Mg+2].[Na+]. The molecule has 0 saturated heterocycles. The summed E-state index contributed by atoms with van der Waals surface area (Å²) in [5.74, 6) is -6.25. The first-order chi connectivity index (χ1) is 33.8. The molecule has 0 saturated carbocycles. The van der Waals surface area contributed by atoms with Crippen molar-refractivity contribution in [2.45, 2.75) is 341 Å². The van der Waals surface area contributed by atoms with Crippen LogP contribution in [0.25, 0.3) is 0 Å². The van der Waals surface area contributed by atoms with Gasteiger partial charge in [0.25, 0.3) is 0 Å². The number of aliphatic carboxylic acids is 5. The van der Waals surface area contributed by atoms with E-state index in [0.717, 1.165) is 38.5 Å². The fourth-order valence-corrected chi connectivity index (χ4v) is 8.19. The molecular formula is C58H111MgNaO12. The molecule has 12 nitrogen and oxygen atoms in total. The van der Waals surface area contributed by atoms with Gasteiger partial charge in [-0.05, 0) is 38.5 Å². The number of carboxylic acids is 5. The molecule has 0 heterocycles. The average Bonchev–Trinajstić information content (AvgIpc) is 3.32. The number of carbonyl (C=O) groups excluding carboxylic acids is 3. The molecule has 0 aromatic rings. The van der Waals surface area contributed by atoms with E-state index in [1.54, 1.807) is 0 Å². The maximum Gasteiger partial charge on any atom is 2.00 e. The monoisotopic (exact) mass is 1050 g/mol. The van der Waals surface area contributed by atoms with Gasteiger partial charge < -0.3 is 50.1 Å². The Kier molecular flexibility index (Phi) is 82.5. The van der Waals surface area contributed by atoms with Gasteiger partial charge in [0.05, 0.1) is 0 Å². The number of hydrogen-bond donors (Lipinski definition) is 4. The van der Waals surface area contributed by atoms with Crippen LogP contribution in [0.2, 0.25) is 0 Å². The molecule has 0 aromatic heterocycles. The number of aliphatic hydroxyl groups is 2. The molecule has 0 spiro atoms. The molecule has 0 radical (unpaired) electrons. The third kappa shape index (κ3) is 83.0. The predicted octanol–water partition coefficient (Wildman–Crippen LogP) is 9.49. The number of unbranched alkanes of at least 4 members (excludes halogenated alkanes) is 42. The molecule has 0 rings (SSSR count). The standard InChI is InChI=1S/3C18H36O2.C4H6O6.Mg.Na/c3*1-2-3-4-5-6-7-8-9-10-11-12-13-14-15-16-17-18(19)20;5-1(3(7)8)2(6)4(9)10;;/h3*2-17H2,1H3,(H,19,20);1-2,5-6H,(H,7,8)(H,9,10);;/q;;;;+2;+1/p-3. The second kappa shape index (κ2) is 72.1. The van der Waals surface area contributed by atoms with Crippen molar-refractivity contribution in [2.24, 2.45) is 0 Å². The predicted molar refractivity (Wildman–Crippen MR) is 287 cm³/mol. The Morgan fingerprint density at radius 3 is 0.486 bits per heavy atom. The first kappa shape index (κ1) is 82.4. The van der Waals surface area contributed by atoms with Gasteiger partial charge in [0.2, 0.25) is 0 Å². The normalized spacial score (nSPS) is 11.2. The average molecular weight is 1050 g/mol. The van der Waals surface area contributed by atoms with Gasteiger partial charge in [-0.25, -0.2) is 9.59 Å².